The van der Waals surface area contributed by atoms with Gasteiger partial charge in [0.25, 0.3) is 0 Å². The summed E-state index contributed by atoms with van der Waals surface area (Å²) in [6.45, 7) is 3.21. The Morgan fingerprint density at radius 3 is 3.00 bits per heavy atom. The van der Waals surface area contributed by atoms with Crippen molar-refractivity contribution in [3.8, 4) is 11.4 Å². The predicted molar refractivity (Wildman–Crippen MR) is 84.7 cm³/mol. The Morgan fingerprint density at radius 2 is 2.26 bits per heavy atom. The van der Waals surface area contributed by atoms with Gasteiger partial charge in [0.05, 0.1) is 5.75 Å². The van der Waals surface area contributed by atoms with Gasteiger partial charge in [-0.3, -0.25) is 9.89 Å². The minimum absolute atomic E-state index is 0.120. The normalized spacial score (nSPS) is 10.7. The lowest BCUT2D eigenvalue weighted by Crippen LogP contribution is -2.05. The summed E-state index contributed by atoms with van der Waals surface area (Å²) in [5.74, 6) is 2.08. The zero-order valence-electron chi connectivity index (χ0n) is 12.5. The van der Waals surface area contributed by atoms with E-state index in [1.54, 1.807) is 6.92 Å². The van der Waals surface area contributed by atoms with E-state index in [1.807, 2.05) is 24.3 Å². The first-order valence-electron chi connectivity index (χ1n) is 6.82. The van der Waals surface area contributed by atoms with Crippen molar-refractivity contribution in [1.29, 1.82) is 0 Å². The second-order valence-electron chi connectivity index (χ2n) is 4.73. The molecule has 0 aliphatic heterocycles. The molecule has 0 spiro atoms. The monoisotopic (exact) mass is 330 g/mol. The van der Waals surface area contributed by atoms with E-state index in [1.165, 1.54) is 18.7 Å². The maximum atomic E-state index is 11.1. The van der Waals surface area contributed by atoms with E-state index >= 15 is 0 Å². The third kappa shape index (κ3) is 3.95. The highest BCUT2D eigenvalue weighted by Gasteiger charge is 2.09. The highest BCUT2D eigenvalue weighted by atomic mass is 32.2. The smallest absolute Gasteiger partial charge is 0.226 e. The van der Waals surface area contributed by atoms with Crippen LogP contribution in [0.1, 0.15) is 18.7 Å². The van der Waals surface area contributed by atoms with Gasteiger partial charge in [0.2, 0.25) is 22.8 Å². The van der Waals surface area contributed by atoms with E-state index in [0.717, 1.165) is 5.56 Å². The molecule has 0 saturated carbocycles. The van der Waals surface area contributed by atoms with Gasteiger partial charge in [0, 0.05) is 25.1 Å². The maximum Gasteiger partial charge on any atom is 0.226 e. The number of rotatable bonds is 5. The third-order valence-corrected chi connectivity index (χ3v) is 3.65. The van der Waals surface area contributed by atoms with Gasteiger partial charge >= 0.3 is 0 Å². The zero-order valence-corrected chi connectivity index (χ0v) is 13.3. The Hall–Kier alpha value is -2.68. The fourth-order valence-electron chi connectivity index (χ4n) is 1.91. The number of hydrogen-bond acceptors (Lipinski definition) is 7. The first-order chi connectivity index (χ1) is 11.1. The molecule has 0 atom stereocenters. The highest BCUT2D eigenvalue weighted by molar-refractivity contribution is 7.98. The number of thioether (sulfide) groups is 1. The molecule has 2 heterocycles. The van der Waals surface area contributed by atoms with Gasteiger partial charge in [0.15, 0.2) is 5.82 Å². The summed E-state index contributed by atoms with van der Waals surface area (Å²) in [7, 11) is 0. The van der Waals surface area contributed by atoms with E-state index in [2.05, 4.69) is 30.7 Å². The first kappa shape index (κ1) is 15.2. The molecule has 118 valence electrons. The summed E-state index contributed by atoms with van der Waals surface area (Å²) >= 11 is 1.40. The molecule has 3 aromatic rings. The summed E-state index contributed by atoms with van der Waals surface area (Å²) in [6, 6.07) is 7.38. The Labute approximate surface area is 136 Å². The van der Waals surface area contributed by atoms with Crippen molar-refractivity contribution in [3.05, 3.63) is 36.0 Å². The Morgan fingerprint density at radius 1 is 1.39 bits per heavy atom. The largest absolute Gasteiger partial charge is 0.425 e. The summed E-state index contributed by atoms with van der Waals surface area (Å²) < 4.78 is 5.30. The number of aryl methyl sites for hydroxylation is 1. The van der Waals surface area contributed by atoms with Gasteiger partial charge in [-0.15, -0.1) is 15.3 Å². The number of aromatic amines is 1. The van der Waals surface area contributed by atoms with Crippen molar-refractivity contribution in [2.75, 3.05) is 5.32 Å². The van der Waals surface area contributed by atoms with E-state index in [4.69, 9.17) is 4.42 Å². The van der Waals surface area contributed by atoms with E-state index < -0.39 is 0 Å². The Bertz CT molecular complexity index is 828. The molecule has 0 saturated heterocycles. The molecule has 2 N–H and O–H groups in total. The molecule has 23 heavy (non-hydrogen) atoms. The lowest BCUT2D eigenvalue weighted by molar-refractivity contribution is -0.114. The number of amides is 1. The maximum absolute atomic E-state index is 11.1. The fourth-order valence-corrected chi connectivity index (χ4v) is 2.54. The number of H-pyrrole nitrogens is 1. The van der Waals surface area contributed by atoms with Crippen LogP contribution in [0.25, 0.3) is 11.4 Å². The van der Waals surface area contributed by atoms with Crippen LogP contribution < -0.4 is 5.32 Å². The van der Waals surface area contributed by atoms with Crippen molar-refractivity contribution in [3.63, 3.8) is 0 Å². The van der Waals surface area contributed by atoms with E-state index in [0.29, 0.717) is 34.2 Å². The Kier molecular flexibility index (Phi) is 4.38. The number of benzene rings is 1. The third-order valence-electron chi connectivity index (χ3n) is 2.81. The molecule has 1 aromatic carbocycles. The van der Waals surface area contributed by atoms with Crippen LogP contribution >= 0.6 is 11.8 Å². The number of hydrogen-bond donors (Lipinski definition) is 2. The molecule has 0 aliphatic carbocycles. The molecule has 0 unspecified atom stereocenters. The lowest BCUT2D eigenvalue weighted by Gasteiger charge is -2.03. The molecule has 0 aliphatic rings. The van der Waals surface area contributed by atoms with Crippen molar-refractivity contribution in [2.45, 2.75) is 24.8 Å². The number of carbonyl (C=O) groups is 1. The SMILES string of the molecule is CC(=O)Nc1cccc(-c2nc(SCc3nnc(C)o3)n[nH]2)c1. The van der Waals surface area contributed by atoms with Crippen LogP contribution in [0.3, 0.4) is 0 Å². The number of nitrogens with one attached hydrogen (secondary N) is 2. The van der Waals surface area contributed by atoms with Gasteiger partial charge < -0.3 is 9.73 Å². The summed E-state index contributed by atoms with van der Waals surface area (Å²) in [4.78, 5) is 15.5. The van der Waals surface area contributed by atoms with Crippen LogP contribution in [0.15, 0.2) is 33.8 Å². The van der Waals surface area contributed by atoms with Crippen molar-refractivity contribution >= 4 is 23.4 Å². The van der Waals surface area contributed by atoms with Gasteiger partial charge in [0.1, 0.15) is 0 Å². The molecule has 8 nitrogen and oxygen atoms in total. The Balaban J connectivity index is 1.70. The molecular formula is C14H14N6O2S. The van der Waals surface area contributed by atoms with Crippen LogP contribution in [0.2, 0.25) is 0 Å². The minimum atomic E-state index is -0.120. The number of nitrogens with zero attached hydrogens (tertiary/aromatic N) is 4. The summed E-state index contributed by atoms with van der Waals surface area (Å²) in [5.41, 5.74) is 1.55. The molecule has 3 rings (SSSR count). The molecule has 0 radical (unpaired) electrons. The number of carbonyl (C=O) groups excluding carboxylic acids is 1. The minimum Gasteiger partial charge on any atom is -0.425 e. The molecular weight excluding hydrogens is 316 g/mol. The second-order valence-corrected chi connectivity index (χ2v) is 5.67. The zero-order chi connectivity index (χ0) is 16.2. The quantitative estimate of drug-likeness (QED) is 0.691. The standard InChI is InChI=1S/C14H14N6O2S/c1-8(21)15-11-5-3-4-10(6-11)13-16-14(20-19-13)23-7-12-18-17-9(2)22-12/h3-6H,7H2,1-2H3,(H,15,21)(H,16,19,20). The van der Waals surface area contributed by atoms with Crippen LogP contribution in [-0.2, 0) is 10.5 Å². The summed E-state index contributed by atoms with van der Waals surface area (Å²) in [5, 5.41) is 18.1. The highest BCUT2D eigenvalue weighted by Crippen LogP contribution is 2.23. The van der Waals surface area contributed by atoms with Crippen molar-refractivity contribution < 1.29 is 9.21 Å². The second kappa shape index (κ2) is 6.61. The molecule has 1 amide bonds. The molecule has 9 heteroatoms. The van der Waals surface area contributed by atoms with Gasteiger partial charge in [-0.05, 0) is 12.1 Å². The van der Waals surface area contributed by atoms with Crippen molar-refractivity contribution in [2.24, 2.45) is 0 Å². The van der Waals surface area contributed by atoms with E-state index in [9.17, 15) is 4.79 Å². The predicted octanol–water partition coefficient (Wildman–Crippen LogP) is 2.41. The van der Waals surface area contributed by atoms with Crippen LogP contribution in [0.4, 0.5) is 5.69 Å². The number of aromatic nitrogens is 5. The topological polar surface area (TPSA) is 110 Å². The first-order valence-corrected chi connectivity index (χ1v) is 7.81. The average Bonchev–Trinajstić information content (AvgIpc) is 3.13. The van der Waals surface area contributed by atoms with Crippen LogP contribution in [-0.4, -0.2) is 31.3 Å². The number of anilines is 1. The lowest BCUT2D eigenvalue weighted by atomic mass is 10.2. The van der Waals surface area contributed by atoms with Gasteiger partial charge in [-0.1, -0.05) is 23.9 Å². The van der Waals surface area contributed by atoms with Gasteiger partial charge in [-0.2, -0.15) is 0 Å². The fraction of sp³-hybridized carbons (Fsp3) is 0.214. The van der Waals surface area contributed by atoms with Crippen LogP contribution in [0, 0.1) is 6.92 Å². The van der Waals surface area contributed by atoms with E-state index in [-0.39, 0.29) is 5.91 Å². The molecule has 2 aromatic heterocycles. The van der Waals surface area contributed by atoms with Crippen LogP contribution in [0.5, 0.6) is 0 Å². The average molecular weight is 330 g/mol. The van der Waals surface area contributed by atoms with Gasteiger partial charge in [-0.25, -0.2) is 4.98 Å². The summed E-state index contributed by atoms with van der Waals surface area (Å²) in [6.07, 6.45) is 0. The van der Waals surface area contributed by atoms with Crippen molar-refractivity contribution in [1.82, 2.24) is 25.4 Å². The molecule has 0 bridgehead atoms. The molecule has 0 fully saturated rings.